The maximum atomic E-state index is 12.8. The molecular weight excluding hydrogens is 407 g/mol. The quantitative estimate of drug-likeness (QED) is 0.595. The molecule has 1 aliphatic heterocycles. The van der Waals surface area contributed by atoms with E-state index in [4.69, 9.17) is 23.2 Å². The number of hydrogen-bond donors (Lipinski definition) is 1. The Labute approximate surface area is 170 Å². The van der Waals surface area contributed by atoms with Crippen LogP contribution in [0.3, 0.4) is 0 Å². The number of nitro benzene ring substituents is 1. The molecule has 3 rings (SSSR count). The third kappa shape index (κ3) is 4.58. The topological polar surface area (TPSA) is 105 Å². The molecule has 1 fully saturated rings. The molecule has 0 unspecified atom stereocenters. The first-order valence-corrected chi connectivity index (χ1v) is 9.26. The highest BCUT2D eigenvalue weighted by molar-refractivity contribution is 6.31. The van der Waals surface area contributed by atoms with E-state index < -0.39 is 16.7 Å². The van der Waals surface area contributed by atoms with E-state index in [1.54, 1.807) is 12.1 Å². The van der Waals surface area contributed by atoms with Crippen LogP contribution in [0.2, 0.25) is 10.0 Å². The van der Waals surface area contributed by atoms with Crippen molar-refractivity contribution in [2.45, 2.75) is 12.8 Å². The van der Waals surface area contributed by atoms with E-state index >= 15 is 0 Å². The first-order chi connectivity index (χ1) is 13.3. The molecule has 8 nitrogen and oxygen atoms in total. The SMILES string of the molecule is O=C(Nc1ccc(Cl)cn1)[C@H]1CCCN(C(=O)c2ccc(Cl)cc2[N+](=O)[O-])C1. The van der Waals surface area contributed by atoms with Crippen molar-refractivity contribution in [3.63, 3.8) is 0 Å². The minimum atomic E-state index is -0.639. The fourth-order valence-electron chi connectivity index (χ4n) is 3.06. The number of carbonyl (C=O) groups excluding carboxylic acids is 2. The van der Waals surface area contributed by atoms with E-state index in [0.29, 0.717) is 30.2 Å². The number of likely N-dealkylation sites (tertiary alicyclic amines) is 1. The highest BCUT2D eigenvalue weighted by Crippen LogP contribution is 2.27. The van der Waals surface area contributed by atoms with E-state index in [-0.39, 0.29) is 28.7 Å². The molecule has 2 heterocycles. The number of piperidine rings is 1. The van der Waals surface area contributed by atoms with Crippen LogP contribution in [0.15, 0.2) is 36.5 Å². The van der Waals surface area contributed by atoms with Gasteiger partial charge < -0.3 is 10.2 Å². The van der Waals surface area contributed by atoms with Crippen LogP contribution in [0, 0.1) is 16.0 Å². The summed E-state index contributed by atoms with van der Waals surface area (Å²) in [6.07, 6.45) is 2.64. The summed E-state index contributed by atoms with van der Waals surface area (Å²) >= 11 is 11.6. The lowest BCUT2D eigenvalue weighted by atomic mass is 9.96. The highest BCUT2D eigenvalue weighted by atomic mass is 35.5. The summed E-state index contributed by atoms with van der Waals surface area (Å²) in [6, 6.07) is 7.12. The summed E-state index contributed by atoms with van der Waals surface area (Å²) in [5, 5.41) is 14.6. The Kier molecular flexibility index (Phi) is 6.11. The predicted molar refractivity (Wildman–Crippen MR) is 105 cm³/mol. The van der Waals surface area contributed by atoms with Gasteiger partial charge >= 0.3 is 0 Å². The van der Waals surface area contributed by atoms with E-state index in [1.807, 2.05) is 0 Å². The van der Waals surface area contributed by atoms with Gasteiger partial charge in [-0.2, -0.15) is 0 Å². The van der Waals surface area contributed by atoms with Gasteiger partial charge in [0.05, 0.1) is 15.9 Å². The average molecular weight is 423 g/mol. The number of carbonyl (C=O) groups is 2. The Bertz CT molecular complexity index is 920. The Hall–Kier alpha value is -2.71. The maximum Gasteiger partial charge on any atom is 0.283 e. The molecule has 146 valence electrons. The van der Waals surface area contributed by atoms with E-state index in [0.717, 1.165) is 6.07 Å². The minimum absolute atomic E-state index is 0.0465. The van der Waals surface area contributed by atoms with Gasteiger partial charge in [-0.25, -0.2) is 4.98 Å². The zero-order valence-corrected chi connectivity index (χ0v) is 16.1. The summed E-state index contributed by atoms with van der Waals surface area (Å²) in [5.74, 6) is -0.837. The number of hydrogen-bond acceptors (Lipinski definition) is 5. The minimum Gasteiger partial charge on any atom is -0.338 e. The summed E-state index contributed by atoms with van der Waals surface area (Å²) in [6.45, 7) is 0.583. The first-order valence-electron chi connectivity index (χ1n) is 8.51. The molecule has 1 saturated heterocycles. The molecule has 10 heteroatoms. The van der Waals surface area contributed by atoms with Crippen molar-refractivity contribution < 1.29 is 14.5 Å². The standard InChI is InChI=1S/C18H16Cl2N4O4/c19-12-3-5-14(15(8-12)24(27)28)18(26)23-7-1-2-11(10-23)17(25)22-16-6-4-13(20)9-21-16/h3-6,8-9,11H,1-2,7,10H2,(H,21,22,25)/t11-/m0/s1. The van der Waals surface area contributed by atoms with Crippen molar-refractivity contribution in [1.29, 1.82) is 0 Å². The number of amides is 2. The summed E-state index contributed by atoms with van der Waals surface area (Å²) in [4.78, 5) is 41.4. The molecule has 28 heavy (non-hydrogen) atoms. The van der Waals surface area contributed by atoms with Crippen LogP contribution in [0.1, 0.15) is 23.2 Å². The number of rotatable bonds is 4. The van der Waals surface area contributed by atoms with Crippen LogP contribution in [-0.2, 0) is 4.79 Å². The second-order valence-electron chi connectivity index (χ2n) is 6.36. The van der Waals surface area contributed by atoms with Crippen molar-refractivity contribution in [3.05, 3.63) is 62.3 Å². The van der Waals surface area contributed by atoms with Crippen molar-refractivity contribution >= 4 is 46.5 Å². The molecule has 0 bridgehead atoms. The molecule has 1 N–H and O–H groups in total. The Morgan fingerprint density at radius 1 is 1.21 bits per heavy atom. The third-order valence-corrected chi connectivity index (χ3v) is 4.90. The second kappa shape index (κ2) is 8.53. The van der Waals surface area contributed by atoms with Gasteiger partial charge in [-0.05, 0) is 37.1 Å². The van der Waals surface area contributed by atoms with Crippen LogP contribution in [0.5, 0.6) is 0 Å². The van der Waals surface area contributed by atoms with Crippen LogP contribution in [-0.4, -0.2) is 39.7 Å². The lowest BCUT2D eigenvalue weighted by molar-refractivity contribution is -0.385. The van der Waals surface area contributed by atoms with Crippen molar-refractivity contribution in [2.24, 2.45) is 5.92 Å². The molecule has 1 atom stereocenters. The van der Waals surface area contributed by atoms with E-state index in [1.165, 1.54) is 23.2 Å². The van der Waals surface area contributed by atoms with Gasteiger partial charge in [-0.3, -0.25) is 19.7 Å². The van der Waals surface area contributed by atoms with Gasteiger partial charge in [0.2, 0.25) is 5.91 Å². The molecule has 1 aliphatic rings. The van der Waals surface area contributed by atoms with Gasteiger partial charge in [0.15, 0.2) is 0 Å². The van der Waals surface area contributed by atoms with Gasteiger partial charge in [0.25, 0.3) is 11.6 Å². The zero-order valence-electron chi connectivity index (χ0n) is 14.6. The van der Waals surface area contributed by atoms with Crippen LogP contribution < -0.4 is 5.32 Å². The number of nitro groups is 1. The Balaban J connectivity index is 1.72. The van der Waals surface area contributed by atoms with Crippen molar-refractivity contribution in [3.8, 4) is 0 Å². The Morgan fingerprint density at radius 3 is 2.64 bits per heavy atom. The smallest absolute Gasteiger partial charge is 0.283 e. The number of benzene rings is 1. The zero-order chi connectivity index (χ0) is 20.3. The molecular formula is C18H16Cl2N4O4. The normalized spacial score (nSPS) is 16.5. The summed E-state index contributed by atoms with van der Waals surface area (Å²) < 4.78 is 0. The number of nitrogens with one attached hydrogen (secondary N) is 1. The van der Waals surface area contributed by atoms with Crippen molar-refractivity contribution in [1.82, 2.24) is 9.88 Å². The molecule has 0 saturated carbocycles. The number of nitrogens with zero attached hydrogens (tertiary/aromatic N) is 3. The van der Waals surface area contributed by atoms with Gasteiger partial charge in [-0.15, -0.1) is 0 Å². The summed E-state index contributed by atoms with van der Waals surface area (Å²) in [7, 11) is 0. The molecule has 1 aromatic heterocycles. The third-order valence-electron chi connectivity index (χ3n) is 4.44. The Morgan fingerprint density at radius 2 is 1.96 bits per heavy atom. The maximum absolute atomic E-state index is 12.8. The molecule has 0 radical (unpaired) electrons. The van der Waals surface area contributed by atoms with Gasteiger partial charge in [0.1, 0.15) is 11.4 Å². The van der Waals surface area contributed by atoms with E-state index in [2.05, 4.69) is 10.3 Å². The van der Waals surface area contributed by atoms with Gasteiger partial charge in [-0.1, -0.05) is 23.2 Å². The van der Waals surface area contributed by atoms with Crippen LogP contribution in [0.25, 0.3) is 0 Å². The first kappa shape index (κ1) is 20.0. The number of halogens is 2. The van der Waals surface area contributed by atoms with Gasteiger partial charge in [0, 0.05) is 30.4 Å². The van der Waals surface area contributed by atoms with Crippen LogP contribution >= 0.6 is 23.2 Å². The molecule has 2 amide bonds. The fraction of sp³-hybridized carbons (Fsp3) is 0.278. The number of aromatic nitrogens is 1. The lowest BCUT2D eigenvalue weighted by Crippen LogP contribution is -2.44. The van der Waals surface area contributed by atoms with Crippen molar-refractivity contribution in [2.75, 3.05) is 18.4 Å². The fourth-order valence-corrected chi connectivity index (χ4v) is 3.34. The number of anilines is 1. The summed E-state index contributed by atoms with van der Waals surface area (Å²) in [5.41, 5.74) is -0.399. The molecule has 0 aliphatic carbocycles. The average Bonchev–Trinajstić information content (AvgIpc) is 2.69. The van der Waals surface area contributed by atoms with E-state index in [9.17, 15) is 19.7 Å². The molecule has 1 aromatic carbocycles. The number of pyridine rings is 1. The second-order valence-corrected chi connectivity index (χ2v) is 7.23. The monoisotopic (exact) mass is 422 g/mol. The lowest BCUT2D eigenvalue weighted by Gasteiger charge is -2.32. The molecule has 0 spiro atoms. The molecule has 2 aromatic rings. The highest BCUT2D eigenvalue weighted by Gasteiger charge is 2.32. The largest absolute Gasteiger partial charge is 0.338 e. The predicted octanol–water partition coefficient (Wildman–Crippen LogP) is 3.79. The van der Waals surface area contributed by atoms with Crippen LogP contribution in [0.4, 0.5) is 11.5 Å².